The number of nitrogens with one attached hydrogen (secondary N) is 3. The number of rotatable bonds is 5. The number of nitrogens with zero attached hydrogens (tertiary/aromatic N) is 1. The molecule has 88 valence electrons. The summed E-state index contributed by atoms with van der Waals surface area (Å²) in [4.78, 5) is 11.5. The number of hydrogen-bond donors (Lipinski definition) is 3. The maximum atomic E-state index is 11.5. The van der Waals surface area contributed by atoms with Crippen LogP contribution >= 0.6 is 0 Å². The Balaban J connectivity index is 1.60. The average molecular weight is 222 g/mol. The van der Waals surface area contributed by atoms with Gasteiger partial charge in [-0.15, -0.1) is 0 Å². The molecule has 1 aromatic heterocycles. The minimum Gasteiger partial charge on any atom is -0.350 e. The summed E-state index contributed by atoms with van der Waals surface area (Å²) in [6.07, 6.45) is 4.50. The summed E-state index contributed by atoms with van der Waals surface area (Å²) in [6.45, 7) is 2.70. The van der Waals surface area contributed by atoms with Gasteiger partial charge in [-0.05, 0) is 37.9 Å². The van der Waals surface area contributed by atoms with E-state index >= 15 is 0 Å². The molecular weight excluding hydrogens is 204 g/mol. The molecule has 5 heteroatoms. The van der Waals surface area contributed by atoms with Crippen LogP contribution in [0.5, 0.6) is 0 Å². The van der Waals surface area contributed by atoms with Gasteiger partial charge in [0.15, 0.2) is 0 Å². The summed E-state index contributed by atoms with van der Waals surface area (Å²) in [5, 5.41) is 12.8. The first-order chi connectivity index (χ1) is 7.84. The lowest BCUT2D eigenvalue weighted by molar-refractivity contribution is -0.121. The Hall–Kier alpha value is -1.36. The van der Waals surface area contributed by atoms with E-state index in [0.29, 0.717) is 18.9 Å². The van der Waals surface area contributed by atoms with Crippen LogP contribution < -0.4 is 10.6 Å². The lowest BCUT2D eigenvalue weighted by atomic mass is 10.0. The molecule has 1 aliphatic rings. The second-order valence-electron chi connectivity index (χ2n) is 4.26. The van der Waals surface area contributed by atoms with Crippen molar-refractivity contribution in [2.45, 2.75) is 25.8 Å². The van der Waals surface area contributed by atoms with Crippen molar-refractivity contribution in [3.8, 4) is 0 Å². The molecule has 0 saturated carbocycles. The molecule has 1 aromatic rings. The van der Waals surface area contributed by atoms with E-state index in [4.69, 9.17) is 0 Å². The van der Waals surface area contributed by atoms with Crippen LogP contribution in [0.4, 0.5) is 0 Å². The van der Waals surface area contributed by atoms with Crippen LogP contribution in [0, 0.1) is 5.92 Å². The summed E-state index contributed by atoms with van der Waals surface area (Å²) in [6, 6.07) is 1.86. The molecular formula is C11H18N4O. The molecule has 1 unspecified atom stereocenters. The normalized spacial score (nSPS) is 19.9. The number of aromatic amines is 1. The van der Waals surface area contributed by atoms with Crippen molar-refractivity contribution in [1.29, 1.82) is 0 Å². The lowest BCUT2D eigenvalue weighted by Crippen LogP contribution is -2.23. The lowest BCUT2D eigenvalue weighted by Gasteiger charge is -2.07. The fraction of sp³-hybridized carbons (Fsp3) is 0.636. The average Bonchev–Trinajstić information content (AvgIpc) is 2.96. The van der Waals surface area contributed by atoms with Crippen molar-refractivity contribution >= 4 is 5.91 Å². The molecule has 5 nitrogen and oxygen atoms in total. The van der Waals surface area contributed by atoms with Crippen LogP contribution in [0.2, 0.25) is 0 Å². The van der Waals surface area contributed by atoms with Crippen molar-refractivity contribution in [2.24, 2.45) is 5.92 Å². The van der Waals surface area contributed by atoms with Crippen LogP contribution in [-0.2, 0) is 11.3 Å². The summed E-state index contributed by atoms with van der Waals surface area (Å²) in [5.41, 5.74) is 0.941. The van der Waals surface area contributed by atoms with E-state index in [-0.39, 0.29) is 5.91 Å². The number of hydrogen-bond acceptors (Lipinski definition) is 3. The second-order valence-corrected chi connectivity index (χ2v) is 4.26. The minimum absolute atomic E-state index is 0.126. The molecule has 3 N–H and O–H groups in total. The fourth-order valence-electron chi connectivity index (χ4n) is 1.96. The molecule has 2 heterocycles. The van der Waals surface area contributed by atoms with Crippen molar-refractivity contribution in [3.05, 3.63) is 18.0 Å². The zero-order chi connectivity index (χ0) is 11.2. The Bertz CT molecular complexity index is 317. The predicted molar refractivity (Wildman–Crippen MR) is 60.6 cm³/mol. The van der Waals surface area contributed by atoms with Crippen molar-refractivity contribution in [1.82, 2.24) is 20.8 Å². The van der Waals surface area contributed by atoms with Crippen LogP contribution in [0.15, 0.2) is 12.3 Å². The first-order valence-electron chi connectivity index (χ1n) is 5.80. The van der Waals surface area contributed by atoms with Gasteiger partial charge in [0.2, 0.25) is 5.91 Å². The molecule has 1 saturated heterocycles. The van der Waals surface area contributed by atoms with Gasteiger partial charge in [0, 0.05) is 12.6 Å². The van der Waals surface area contributed by atoms with Gasteiger partial charge in [-0.25, -0.2) is 0 Å². The maximum absolute atomic E-state index is 11.5. The van der Waals surface area contributed by atoms with Crippen LogP contribution in [0.1, 0.15) is 25.0 Å². The van der Waals surface area contributed by atoms with Crippen LogP contribution in [0.3, 0.4) is 0 Å². The number of carbonyl (C=O) groups is 1. The minimum atomic E-state index is 0.126. The van der Waals surface area contributed by atoms with Crippen LogP contribution in [-0.4, -0.2) is 29.2 Å². The molecule has 2 rings (SSSR count). The first-order valence-corrected chi connectivity index (χ1v) is 5.80. The molecule has 1 amide bonds. The molecule has 0 spiro atoms. The first kappa shape index (κ1) is 11.1. The fourth-order valence-corrected chi connectivity index (χ4v) is 1.96. The molecule has 0 aromatic carbocycles. The van der Waals surface area contributed by atoms with E-state index in [1.54, 1.807) is 6.20 Å². The Morgan fingerprint density at radius 2 is 2.56 bits per heavy atom. The summed E-state index contributed by atoms with van der Waals surface area (Å²) in [7, 11) is 0. The van der Waals surface area contributed by atoms with E-state index in [1.807, 2.05) is 6.07 Å². The van der Waals surface area contributed by atoms with Crippen molar-refractivity contribution < 1.29 is 4.79 Å². The third kappa shape index (κ3) is 3.34. The number of aromatic nitrogens is 2. The standard InChI is InChI=1S/C11H18N4O/c16-11(2-1-9-3-5-12-7-9)13-8-10-4-6-14-15-10/h4,6,9,12H,1-3,5,7-8H2,(H,13,16)(H,14,15). The summed E-state index contributed by atoms with van der Waals surface area (Å²) < 4.78 is 0. The van der Waals surface area contributed by atoms with Crippen LogP contribution in [0.25, 0.3) is 0 Å². The molecule has 0 aliphatic carbocycles. The second kappa shape index (κ2) is 5.65. The smallest absolute Gasteiger partial charge is 0.220 e. The quantitative estimate of drug-likeness (QED) is 0.676. The van der Waals surface area contributed by atoms with Gasteiger partial charge in [0.25, 0.3) is 0 Å². The topological polar surface area (TPSA) is 69.8 Å². The van der Waals surface area contributed by atoms with E-state index in [2.05, 4.69) is 20.8 Å². The number of amides is 1. The summed E-state index contributed by atoms with van der Waals surface area (Å²) in [5.74, 6) is 0.805. The molecule has 16 heavy (non-hydrogen) atoms. The Labute approximate surface area is 95.0 Å². The largest absolute Gasteiger partial charge is 0.350 e. The molecule has 0 bridgehead atoms. The Morgan fingerprint density at radius 3 is 3.25 bits per heavy atom. The van der Waals surface area contributed by atoms with Gasteiger partial charge < -0.3 is 10.6 Å². The zero-order valence-corrected chi connectivity index (χ0v) is 9.33. The highest BCUT2D eigenvalue weighted by Gasteiger charge is 2.15. The number of H-pyrrole nitrogens is 1. The zero-order valence-electron chi connectivity index (χ0n) is 9.33. The molecule has 0 radical (unpaired) electrons. The van der Waals surface area contributed by atoms with Gasteiger partial charge in [0.05, 0.1) is 12.2 Å². The summed E-state index contributed by atoms with van der Waals surface area (Å²) >= 11 is 0. The van der Waals surface area contributed by atoms with E-state index in [9.17, 15) is 4.79 Å². The van der Waals surface area contributed by atoms with Gasteiger partial charge in [-0.2, -0.15) is 5.10 Å². The van der Waals surface area contributed by atoms with Gasteiger partial charge >= 0.3 is 0 Å². The van der Waals surface area contributed by atoms with Gasteiger partial charge in [-0.3, -0.25) is 9.89 Å². The Kier molecular flexibility index (Phi) is 3.93. The number of carbonyl (C=O) groups excluding carboxylic acids is 1. The molecule has 1 aliphatic heterocycles. The van der Waals surface area contributed by atoms with E-state index < -0.39 is 0 Å². The monoisotopic (exact) mass is 222 g/mol. The van der Waals surface area contributed by atoms with E-state index in [1.165, 1.54) is 6.42 Å². The molecule has 1 fully saturated rings. The maximum Gasteiger partial charge on any atom is 0.220 e. The SMILES string of the molecule is O=C(CCC1CCNC1)NCc1ccn[nH]1. The highest BCUT2D eigenvalue weighted by atomic mass is 16.1. The van der Waals surface area contributed by atoms with E-state index in [0.717, 1.165) is 25.2 Å². The van der Waals surface area contributed by atoms with Crippen molar-refractivity contribution in [3.63, 3.8) is 0 Å². The highest BCUT2D eigenvalue weighted by Crippen LogP contribution is 2.13. The predicted octanol–water partition coefficient (Wildman–Crippen LogP) is 0.416. The Morgan fingerprint density at radius 1 is 1.62 bits per heavy atom. The third-order valence-corrected chi connectivity index (χ3v) is 2.98. The van der Waals surface area contributed by atoms with Gasteiger partial charge in [-0.1, -0.05) is 0 Å². The third-order valence-electron chi connectivity index (χ3n) is 2.98. The highest BCUT2D eigenvalue weighted by molar-refractivity contribution is 5.75. The van der Waals surface area contributed by atoms with Gasteiger partial charge in [0.1, 0.15) is 0 Å². The van der Waals surface area contributed by atoms with Crippen molar-refractivity contribution in [2.75, 3.05) is 13.1 Å². The molecule has 1 atom stereocenters.